The summed E-state index contributed by atoms with van der Waals surface area (Å²) in [5.74, 6) is -0.243. The molecule has 132 valence electrons. The van der Waals surface area contributed by atoms with Gasteiger partial charge in [0.15, 0.2) is 5.82 Å². The average Bonchev–Trinajstić information content (AvgIpc) is 2.70. The second-order valence-electron chi connectivity index (χ2n) is 5.72. The summed E-state index contributed by atoms with van der Waals surface area (Å²) in [4.78, 5) is 5.63. The molecule has 0 fully saturated rings. The maximum atomic E-state index is 13.3. The zero-order valence-corrected chi connectivity index (χ0v) is 14.8. The molecule has 3 aromatic carbocycles. The lowest BCUT2D eigenvalue weighted by Gasteiger charge is -2.09. The van der Waals surface area contributed by atoms with E-state index in [0.717, 1.165) is 10.5 Å². The fourth-order valence-corrected chi connectivity index (χ4v) is 3.40. The third-order valence-corrected chi connectivity index (χ3v) is 4.82. The molecule has 0 saturated heterocycles. The number of aromatic nitrogens is 3. The third kappa shape index (κ3) is 4.01. The molecule has 0 atom stereocenters. The number of halogens is 2. The van der Waals surface area contributed by atoms with Crippen LogP contribution in [0.15, 0.2) is 88.8 Å². The van der Waals surface area contributed by atoms with Gasteiger partial charge in [0.25, 0.3) is 0 Å². The van der Waals surface area contributed by atoms with Gasteiger partial charge in [-0.15, -0.1) is 10.2 Å². The molecule has 0 saturated carbocycles. The highest BCUT2D eigenvalue weighted by Crippen LogP contribution is 2.34. The van der Waals surface area contributed by atoms with Crippen molar-refractivity contribution in [2.75, 3.05) is 0 Å². The van der Waals surface area contributed by atoms with Gasteiger partial charge in [-0.05, 0) is 60.7 Å². The summed E-state index contributed by atoms with van der Waals surface area (Å²) in [6, 6.07) is 21.7. The minimum atomic E-state index is -0.325. The van der Waals surface area contributed by atoms with Gasteiger partial charge in [0.05, 0.1) is 0 Å². The summed E-state index contributed by atoms with van der Waals surface area (Å²) in [6.07, 6.45) is 0. The van der Waals surface area contributed by atoms with Crippen LogP contribution in [-0.2, 0) is 0 Å². The molecule has 3 nitrogen and oxygen atoms in total. The van der Waals surface area contributed by atoms with Crippen LogP contribution in [0.25, 0.3) is 22.6 Å². The Morgan fingerprint density at radius 2 is 1.22 bits per heavy atom. The van der Waals surface area contributed by atoms with Crippen molar-refractivity contribution in [1.82, 2.24) is 15.2 Å². The molecular weight excluding hydrogens is 364 g/mol. The van der Waals surface area contributed by atoms with Gasteiger partial charge in [0.2, 0.25) is 0 Å². The fourth-order valence-electron chi connectivity index (χ4n) is 2.49. The first-order chi connectivity index (χ1) is 13.2. The van der Waals surface area contributed by atoms with Crippen LogP contribution in [-0.4, -0.2) is 15.2 Å². The van der Waals surface area contributed by atoms with Gasteiger partial charge in [0.1, 0.15) is 22.4 Å². The van der Waals surface area contributed by atoms with Gasteiger partial charge in [0, 0.05) is 16.0 Å². The first-order valence-corrected chi connectivity index (χ1v) is 9.00. The number of hydrogen-bond donors (Lipinski definition) is 0. The first-order valence-electron chi connectivity index (χ1n) is 8.18. The van der Waals surface area contributed by atoms with Crippen molar-refractivity contribution in [3.8, 4) is 22.6 Å². The van der Waals surface area contributed by atoms with Crippen LogP contribution in [0, 0.1) is 11.6 Å². The van der Waals surface area contributed by atoms with E-state index in [0.29, 0.717) is 22.1 Å². The number of rotatable bonds is 4. The lowest BCUT2D eigenvalue weighted by atomic mass is 10.1. The molecule has 6 heteroatoms. The Morgan fingerprint density at radius 1 is 0.630 bits per heavy atom. The van der Waals surface area contributed by atoms with E-state index in [1.807, 2.05) is 30.3 Å². The SMILES string of the molecule is Fc1ccc(-c2nnc(-c3ccc(F)cc3)c(Sc3ccccc3)n2)cc1. The van der Waals surface area contributed by atoms with Crippen molar-refractivity contribution in [3.05, 3.63) is 90.5 Å². The van der Waals surface area contributed by atoms with Crippen LogP contribution in [0.3, 0.4) is 0 Å². The summed E-state index contributed by atoms with van der Waals surface area (Å²) in [5, 5.41) is 9.15. The summed E-state index contributed by atoms with van der Waals surface area (Å²) in [6.45, 7) is 0. The molecule has 4 aromatic rings. The molecule has 0 aliphatic rings. The molecule has 0 unspecified atom stereocenters. The molecule has 0 radical (unpaired) electrons. The zero-order valence-electron chi connectivity index (χ0n) is 14.0. The standard InChI is InChI=1S/C21H13F2N3S/c22-16-10-6-14(7-11-16)19-21(27-18-4-2-1-3-5-18)24-20(26-25-19)15-8-12-17(23)13-9-15/h1-13H. The Bertz CT molecular complexity index is 1050. The predicted octanol–water partition coefficient (Wildman–Crippen LogP) is 5.64. The molecule has 4 rings (SSSR count). The topological polar surface area (TPSA) is 38.7 Å². The monoisotopic (exact) mass is 377 g/mol. The zero-order chi connectivity index (χ0) is 18.6. The molecule has 0 aliphatic carbocycles. The number of benzene rings is 3. The van der Waals surface area contributed by atoms with Crippen LogP contribution in [0.2, 0.25) is 0 Å². The molecule has 1 heterocycles. The van der Waals surface area contributed by atoms with E-state index in [1.54, 1.807) is 24.3 Å². The molecule has 27 heavy (non-hydrogen) atoms. The van der Waals surface area contributed by atoms with Crippen molar-refractivity contribution < 1.29 is 8.78 Å². The van der Waals surface area contributed by atoms with Crippen molar-refractivity contribution in [3.63, 3.8) is 0 Å². The fraction of sp³-hybridized carbons (Fsp3) is 0. The van der Waals surface area contributed by atoms with Crippen molar-refractivity contribution in [1.29, 1.82) is 0 Å². The highest BCUT2D eigenvalue weighted by molar-refractivity contribution is 7.99. The third-order valence-electron chi connectivity index (χ3n) is 3.83. The highest BCUT2D eigenvalue weighted by Gasteiger charge is 2.14. The van der Waals surface area contributed by atoms with Crippen LogP contribution in [0.4, 0.5) is 8.78 Å². The van der Waals surface area contributed by atoms with Crippen molar-refractivity contribution >= 4 is 11.8 Å². The quantitative estimate of drug-likeness (QED) is 0.462. The molecule has 1 aromatic heterocycles. The normalized spacial score (nSPS) is 10.7. The molecule has 0 bridgehead atoms. The number of hydrogen-bond acceptors (Lipinski definition) is 4. The highest BCUT2D eigenvalue weighted by atomic mass is 32.2. The molecule has 0 N–H and O–H groups in total. The van der Waals surface area contributed by atoms with Gasteiger partial charge in [-0.1, -0.05) is 30.0 Å². The van der Waals surface area contributed by atoms with Crippen molar-refractivity contribution in [2.45, 2.75) is 9.92 Å². The summed E-state index contributed by atoms with van der Waals surface area (Å²) in [5.41, 5.74) is 1.96. The maximum absolute atomic E-state index is 13.3. The Labute approximate surface area is 159 Å². The van der Waals surface area contributed by atoms with Crippen molar-refractivity contribution in [2.24, 2.45) is 0 Å². The van der Waals surface area contributed by atoms with Gasteiger partial charge >= 0.3 is 0 Å². The van der Waals surface area contributed by atoms with E-state index in [-0.39, 0.29) is 11.6 Å². The van der Waals surface area contributed by atoms with Crippen LogP contribution in [0.5, 0.6) is 0 Å². The number of nitrogens with zero attached hydrogens (tertiary/aromatic N) is 3. The van der Waals surface area contributed by atoms with E-state index >= 15 is 0 Å². The second kappa shape index (κ2) is 7.63. The Balaban J connectivity index is 1.80. The lowest BCUT2D eigenvalue weighted by Crippen LogP contribution is -1.99. The summed E-state index contributed by atoms with van der Waals surface area (Å²) >= 11 is 1.44. The Hall–Kier alpha value is -3.12. The largest absolute Gasteiger partial charge is 0.217 e. The predicted molar refractivity (Wildman–Crippen MR) is 101 cm³/mol. The Kier molecular flexibility index (Phi) is 4.89. The first kappa shape index (κ1) is 17.3. The molecule has 0 spiro atoms. The van der Waals surface area contributed by atoms with Gasteiger partial charge in [-0.2, -0.15) is 0 Å². The lowest BCUT2D eigenvalue weighted by molar-refractivity contribution is 0.627. The summed E-state index contributed by atoms with van der Waals surface area (Å²) in [7, 11) is 0. The molecule has 0 amide bonds. The van der Waals surface area contributed by atoms with E-state index in [4.69, 9.17) is 0 Å². The minimum absolute atomic E-state index is 0.320. The Morgan fingerprint density at radius 3 is 1.85 bits per heavy atom. The van der Waals surface area contributed by atoms with E-state index in [1.165, 1.54) is 36.0 Å². The minimum Gasteiger partial charge on any atom is -0.217 e. The molecular formula is C21H13F2N3S. The van der Waals surface area contributed by atoms with Crippen LogP contribution in [0.1, 0.15) is 0 Å². The average molecular weight is 377 g/mol. The maximum Gasteiger partial charge on any atom is 0.182 e. The molecule has 0 aliphatic heterocycles. The van der Waals surface area contributed by atoms with E-state index < -0.39 is 0 Å². The van der Waals surface area contributed by atoms with Crippen LogP contribution < -0.4 is 0 Å². The smallest absolute Gasteiger partial charge is 0.182 e. The van der Waals surface area contributed by atoms with E-state index in [2.05, 4.69) is 15.2 Å². The van der Waals surface area contributed by atoms with Gasteiger partial charge < -0.3 is 0 Å². The van der Waals surface area contributed by atoms with Gasteiger partial charge in [-0.3, -0.25) is 0 Å². The van der Waals surface area contributed by atoms with Gasteiger partial charge in [-0.25, -0.2) is 13.8 Å². The van der Waals surface area contributed by atoms with E-state index in [9.17, 15) is 8.78 Å². The second-order valence-corrected chi connectivity index (χ2v) is 6.78. The summed E-state index contributed by atoms with van der Waals surface area (Å²) < 4.78 is 26.5. The van der Waals surface area contributed by atoms with Crippen LogP contribution >= 0.6 is 11.8 Å².